The van der Waals surface area contributed by atoms with Crippen LogP contribution in [0, 0.1) is 0 Å². The molecule has 5 nitrogen and oxygen atoms in total. The monoisotopic (exact) mass is 407 g/mol. The molecule has 0 aliphatic heterocycles. The van der Waals surface area contributed by atoms with E-state index >= 15 is 0 Å². The predicted molar refractivity (Wildman–Crippen MR) is 118 cm³/mol. The number of carbonyl (C=O) groups is 2. The molecule has 2 amide bonds. The molecule has 0 spiro atoms. The van der Waals surface area contributed by atoms with Crippen molar-refractivity contribution in [2.24, 2.45) is 0 Å². The molecule has 0 aliphatic carbocycles. The molecule has 0 radical (unpaired) electrons. The van der Waals surface area contributed by atoms with Gasteiger partial charge in [-0.05, 0) is 67.1 Å². The maximum Gasteiger partial charge on any atom is 0.251 e. The first kappa shape index (κ1) is 20.4. The lowest BCUT2D eigenvalue weighted by Crippen LogP contribution is -2.25. The van der Waals surface area contributed by atoms with Gasteiger partial charge in [0.1, 0.15) is 0 Å². The first-order valence-electron chi connectivity index (χ1n) is 9.36. The van der Waals surface area contributed by atoms with Gasteiger partial charge in [0.25, 0.3) is 5.91 Å². The Balaban J connectivity index is 1.38. The van der Waals surface area contributed by atoms with Crippen LogP contribution in [0.1, 0.15) is 23.2 Å². The minimum absolute atomic E-state index is 0.0884. The van der Waals surface area contributed by atoms with E-state index in [2.05, 4.69) is 16.0 Å². The third-order valence-corrected chi connectivity index (χ3v) is 4.46. The highest BCUT2D eigenvalue weighted by Crippen LogP contribution is 2.18. The van der Waals surface area contributed by atoms with Crippen molar-refractivity contribution >= 4 is 40.5 Å². The summed E-state index contributed by atoms with van der Waals surface area (Å²) < 4.78 is 0. The average molecular weight is 408 g/mol. The summed E-state index contributed by atoms with van der Waals surface area (Å²) in [6.07, 6.45) is 0.879. The molecule has 6 heteroatoms. The molecule has 0 unspecified atom stereocenters. The third-order valence-electron chi connectivity index (χ3n) is 4.20. The highest BCUT2D eigenvalue weighted by molar-refractivity contribution is 6.30. The fourth-order valence-electron chi connectivity index (χ4n) is 2.70. The van der Waals surface area contributed by atoms with Gasteiger partial charge < -0.3 is 16.0 Å². The lowest BCUT2D eigenvalue weighted by molar-refractivity contribution is -0.116. The topological polar surface area (TPSA) is 70.2 Å². The zero-order chi connectivity index (χ0) is 20.5. The van der Waals surface area contributed by atoms with Crippen LogP contribution in [0.25, 0.3) is 0 Å². The quantitative estimate of drug-likeness (QED) is 0.447. The summed E-state index contributed by atoms with van der Waals surface area (Å²) >= 11 is 5.81. The van der Waals surface area contributed by atoms with Crippen molar-refractivity contribution in [2.75, 3.05) is 17.2 Å². The fraction of sp³-hybridized carbons (Fsp3) is 0.130. The zero-order valence-electron chi connectivity index (χ0n) is 15.8. The number of anilines is 3. The van der Waals surface area contributed by atoms with Crippen LogP contribution in [0.4, 0.5) is 17.1 Å². The van der Waals surface area contributed by atoms with Crippen molar-refractivity contribution in [1.29, 1.82) is 0 Å². The zero-order valence-corrected chi connectivity index (χ0v) is 16.6. The van der Waals surface area contributed by atoms with Crippen LogP contribution in [-0.4, -0.2) is 18.4 Å². The maximum atomic E-state index is 12.1. The molecule has 0 atom stereocenters. The Bertz CT molecular complexity index is 942. The number of rotatable bonds is 8. The van der Waals surface area contributed by atoms with E-state index in [0.717, 1.165) is 17.1 Å². The van der Waals surface area contributed by atoms with Gasteiger partial charge >= 0.3 is 0 Å². The fourth-order valence-corrected chi connectivity index (χ4v) is 2.83. The average Bonchev–Trinajstić information content (AvgIpc) is 2.74. The van der Waals surface area contributed by atoms with Gasteiger partial charge in [-0.15, -0.1) is 0 Å². The van der Waals surface area contributed by atoms with E-state index in [4.69, 9.17) is 11.6 Å². The highest BCUT2D eigenvalue weighted by atomic mass is 35.5. The lowest BCUT2D eigenvalue weighted by atomic mass is 10.2. The van der Waals surface area contributed by atoms with E-state index in [1.807, 2.05) is 54.6 Å². The number of hydrogen-bond donors (Lipinski definition) is 3. The summed E-state index contributed by atoms with van der Waals surface area (Å²) in [4.78, 5) is 24.1. The van der Waals surface area contributed by atoms with Gasteiger partial charge in [-0.2, -0.15) is 0 Å². The van der Waals surface area contributed by atoms with Crippen LogP contribution >= 0.6 is 11.6 Å². The van der Waals surface area contributed by atoms with Gasteiger partial charge in [0.2, 0.25) is 5.91 Å². The lowest BCUT2D eigenvalue weighted by Gasteiger charge is -2.09. The van der Waals surface area contributed by atoms with Gasteiger partial charge in [0, 0.05) is 40.6 Å². The first-order chi connectivity index (χ1) is 14.1. The van der Waals surface area contributed by atoms with Gasteiger partial charge in [-0.3, -0.25) is 9.59 Å². The molecular weight excluding hydrogens is 386 g/mol. The summed E-state index contributed by atoms with van der Waals surface area (Å²) in [6.45, 7) is 0.425. The predicted octanol–water partition coefficient (Wildman–Crippen LogP) is 5.23. The SMILES string of the molecule is O=C(CCCNC(=O)c1ccc(Cl)cc1)Nc1ccc(Nc2ccccc2)cc1. The number of amides is 2. The van der Waals surface area contributed by atoms with Crippen molar-refractivity contribution in [3.8, 4) is 0 Å². The number of carbonyl (C=O) groups excluding carboxylic acids is 2. The Kier molecular flexibility index (Phi) is 7.25. The van der Waals surface area contributed by atoms with E-state index in [-0.39, 0.29) is 11.8 Å². The van der Waals surface area contributed by atoms with E-state index in [0.29, 0.717) is 30.0 Å². The second-order valence-electron chi connectivity index (χ2n) is 6.48. The van der Waals surface area contributed by atoms with Crippen LogP contribution in [-0.2, 0) is 4.79 Å². The van der Waals surface area contributed by atoms with Crippen molar-refractivity contribution in [3.63, 3.8) is 0 Å². The molecule has 0 bridgehead atoms. The van der Waals surface area contributed by atoms with Crippen LogP contribution < -0.4 is 16.0 Å². The smallest absolute Gasteiger partial charge is 0.251 e. The molecule has 148 valence electrons. The van der Waals surface area contributed by atoms with Crippen LogP contribution in [0.15, 0.2) is 78.9 Å². The first-order valence-corrected chi connectivity index (χ1v) is 9.74. The van der Waals surface area contributed by atoms with Crippen molar-refractivity contribution in [1.82, 2.24) is 5.32 Å². The largest absolute Gasteiger partial charge is 0.356 e. The summed E-state index contributed by atoms with van der Waals surface area (Å²) in [5.74, 6) is -0.266. The van der Waals surface area contributed by atoms with E-state index in [1.54, 1.807) is 24.3 Å². The summed E-state index contributed by atoms with van der Waals surface area (Å²) in [5, 5.41) is 9.54. The van der Waals surface area contributed by atoms with E-state index < -0.39 is 0 Å². The molecular formula is C23H22ClN3O2. The standard InChI is InChI=1S/C23H22ClN3O2/c24-18-10-8-17(9-11-18)23(29)25-16-4-7-22(28)27-21-14-12-20(13-15-21)26-19-5-2-1-3-6-19/h1-3,5-6,8-15,26H,4,7,16H2,(H,25,29)(H,27,28). The van der Waals surface area contributed by atoms with Crippen molar-refractivity contribution in [2.45, 2.75) is 12.8 Å². The molecule has 0 fully saturated rings. The molecule has 0 aliphatic rings. The molecule has 29 heavy (non-hydrogen) atoms. The normalized spacial score (nSPS) is 10.2. The molecule has 0 aromatic heterocycles. The molecule has 0 heterocycles. The number of nitrogens with one attached hydrogen (secondary N) is 3. The maximum absolute atomic E-state index is 12.1. The Labute approximate surface area is 175 Å². The molecule has 0 saturated heterocycles. The second-order valence-corrected chi connectivity index (χ2v) is 6.92. The summed E-state index contributed by atoms with van der Waals surface area (Å²) in [6, 6.07) is 24.1. The Morgan fingerprint density at radius 3 is 2.07 bits per heavy atom. The van der Waals surface area contributed by atoms with E-state index in [9.17, 15) is 9.59 Å². The number of halogens is 1. The van der Waals surface area contributed by atoms with Gasteiger partial charge in [-0.25, -0.2) is 0 Å². The Morgan fingerprint density at radius 1 is 0.759 bits per heavy atom. The Hall–Kier alpha value is -3.31. The van der Waals surface area contributed by atoms with Gasteiger partial charge in [0.05, 0.1) is 0 Å². The van der Waals surface area contributed by atoms with Crippen molar-refractivity contribution < 1.29 is 9.59 Å². The Morgan fingerprint density at radius 2 is 1.38 bits per heavy atom. The van der Waals surface area contributed by atoms with Crippen LogP contribution in [0.3, 0.4) is 0 Å². The van der Waals surface area contributed by atoms with E-state index in [1.165, 1.54) is 0 Å². The number of benzene rings is 3. The minimum Gasteiger partial charge on any atom is -0.356 e. The van der Waals surface area contributed by atoms with Crippen LogP contribution in [0.5, 0.6) is 0 Å². The molecule has 3 rings (SSSR count). The molecule has 3 aromatic carbocycles. The second kappa shape index (κ2) is 10.3. The van der Waals surface area contributed by atoms with Gasteiger partial charge in [-0.1, -0.05) is 29.8 Å². The minimum atomic E-state index is -0.177. The number of para-hydroxylation sites is 1. The molecule has 3 aromatic rings. The highest BCUT2D eigenvalue weighted by Gasteiger charge is 2.06. The van der Waals surface area contributed by atoms with Crippen LogP contribution in [0.2, 0.25) is 5.02 Å². The summed E-state index contributed by atoms with van der Waals surface area (Å²) in [5.41, 5.74) is 3.23. The van der Waals surface area contributed by atoms with Gasteiger partial charge in [0.15, 0.2) is 0 Å². The molecule has 0 saturated carbocycles. The van der Waals surface area contributed by atoms with Crippen molar-refractivity contribution in [3.05, 3.63) is 89.4 Å². The summed E-state index contributed by atoms with van der Waals surface area (Å²) in [7, 11) is 0. The molecule has 3 N–H and O–H groups in total. The number of hydrogen-bond acceptors (Lipinski definition) is 3. The third kappa shape index (κ3) is 6.66.